The first-order chi connectivity index (χ1) is 12.8. The van der Waals surface area contributed by atoms with E-state index in [4.69, 9.17) is 14.7 Å². The van der Waals surface area contributed by atoms with Crippen LogP contribution in [0.1, 0.15) is 28.2 Å². The van der Waals surface area contributed by atoms with Crippen LogP contribution in [0.4, 0.5) is 0 Å². The van der Waals surface area contributed by atoms with Crippen LogP contribution in [0.2, 0.25) is 0 Å². The summed E-state index contributed by atoms with van der Waals surface area (Å²) in [6.45, 7) is 0.121. The van der Waals surface area contributed by atoms with Crippen molar-refractivity contribution in [3.8, 4) is 17.6 Å². The molecule has 0 atom stereocenters. The van der Waals surface area contributed by atoms with Gasteiger partial charge >= 0.3 is 5.97 Å². The van der Waals surface area contributed by atoms with Crippen LogP contribution in [0.3, 0.4) is 0 Å². The molecule has 0 N–H and O–H groups in total. The summed E-state index contributed by atoms with van der Waals surface area (Å²) in [5.74, 6) is 0.463. The number of nitrogens with zero attached hydrogens (tertiary/aromatic N) is 1. The Labute approximate surface area is 151 Å². The second-order valence-corrected chi connectivity index (χ2v) is 6.03. The van der Waals surface area contributed by atoms with E-state index >= 15 is 0 Å². The summed E-state index contributed by atoms with van der Waals surface area (Å²) in [7, 11) is 0. The Morgan fingerprint density at radius 1 is 0.962 bits per heavy atom. The summed E-state index contributed by atoms with van der Waals surface area (Å²) in [4.78, 5) is 12.9. The average Bonchev–Trinajstić information content (AvgIpc) is 2.70. The lowest BCUT2D eigenvalue weighted by molar-refractivity contribution is -0.145. The van der Waals surface area contributed by atoms with Crippen LogP contribution in [-0.2, 0) is 16.1 Å². The van der Waals surface area contributed by atoms with Crippen LogP contribution in [-0.4, -0.2) is 5.97 Å². The molecule has 26 heavy (non-hydrogen) atoms. The molecule has 3 aromatic carbocycles. The molecule has 3 aromatic rings. The molecule has 0 spiro atoms. The number of hydrogen-bond acceptors (Lipinski definition) is 4. The van der Waals surface area contributed by atoms with E-state index in [9.17, 15) is 4.79 Å². The predicted octanol–water partition coefficient (Wildman–Crippen LogP) is 4.54. The van der Waals surface area contributed by atoms with Crippen molar-refractivity contribution in [2.75, 3.05) is 0 Å². The van der Waals surface area contributed by atoms with Crippen molar-refractivity contribution < 1.29 is 14.3 Å². The van der Waals surface area contributed by atoms with E-state index in [1.807, 2.05) is 54.6 Å². The monoisotopic (exact) mass is 341 g/mol. The van der Waals surface area contributed by atoms with E-state index in [1.165, 1.54) is 0 Å². The summed E-state index contributed by atoms with van der Waals surface area (Å²) < 4.78 is 11.5. The molecule has 0 radical (unpaired) electrons. The third-order valence-electron chi connectivity index (χ3n) is 4.35. The molecular formula is C22H15NO3. The van der Waals surface area contributed by atoms with E-state index in [2.05, 4.69) is 6.07 Å². The Hall–Kier alpha value is -3.58. The van der Waals surface area contributed by atoms with Crippen molar-refractivity contribution in [1.82, 2.24) is 0 Å². The van der Waals surface area contributed by atoms with E-state index in [-0.39, 0.29) is 12.6 Å². The molecule has 4 rings (SSSR count). The number of benzene rings is 3. The van der Waals surface area contributed by atoms with Crippen LogP contribution < -0.4 is 4.74 Å². The zero-order chi connectivity index (χ0) is 17.9. The highest BCUT2D eigenvalue weighted by atomic mass is 16.5. The quantitative estimate of drug-likeness (QED) is 0.656. The summed E-state index contributed by atoms with van der Waals surface area (Å²) in [5, 5.41) is 8.99. The molecule has 0 saturated carbocycles. The largest absolute Gasteiger partial charge is 0.460 e. The number of esters is 1. The van der Waals surface area contributed by atoms with Gasteiger partial charge in [-0.3, -0.25) is 4.79 Å². The lowest BCUT2D eigenvalue weighted by Gasteiger charge is -2.26. The number of carbonyl (C=O) groups is 1. The van der Waals surface area contributed by atoms with Gasteiger partial charge in [0.2, 0.25) is 0 Å². The zero-order valence-electron chi connectivity index (χ0n) is 13.9. The number of para-hydroxylation sites is 2. The fourth-order valence-electron chi connectivity index (χ4n) is 3.13. The fraction of sp³-hybridized carbons (Fsp3) is 0.0909. The van der Waals surface area contributed by atoms with Crippen molar-refractivity contribution in [2.45, 2.75) is 12.5 Å². The Morgan fingerprint density at radius 3 is 2.27 bits per heavy atom. The third kappa shape index (κ3) is 2.91. The maximum atomic E-state index is 12.9. The first kappa shape index (κ1) is 15.9. The molecule has 0 fully saturated rings. The lowest BCUT2D eigenvalue weighted by Crippen LogP contribution is -2.21. The van der Waals surface area contributed by atoms with Crippen LogP contribution in [0.5, 0.6) is 11.5 Å². The molecule has 0 aliphatic carbocycles. The minimum absolute atomic E-state index is 0.121. The molecule has 0 bridgehead atoms. The first-order valence-electron chi connectivity index (χ1n) is 8.27. The zero-order valence-corrected chi connectivity index (χ0v) is 13.9. The SMILES string of the molecule is N#Cc1cccc(COC(=O)C2c3ccccc3Oc3ccccc32)c1. The smallest absolute Gasteiger partial charge is 0.318 e. The second-order valence-electron chi connectivity index (χ2n) is 6.03. The maximum Gasteiger partial charge on any atom is 0.318 e. The highest BCUT2D eigenvalue weighted by Gasteiger charge is 2.33. The Balaban J connectivity index is 1.62. The van der Waals surface area contributed by atoms with Gasteiger partial charge in [-0.1, -0.05) is 48.5 Å². The molecule has 4 heteroatoms. The predicted molar refractivity (Wildman–Crippen MR) is 95.8 cm³/mol. The van der Waals surface area contributed by atoms with Gasteiger partial charge in [0.25, 0.3) is 0 Å². The van der Waals surface area contributed by atoms with Gasteiger partial charge in [0.15, 0.2) is 0 Å². The number of rotatable bonds is 3. The van der Waals surface area contributed by atoms with Crippen molar-refractivity contribution >= 4 is 5.97 Å². The fourth-order valence-corrected chi connectivity index (χ4v) is 3.13. The number of hydrogen-bond donors (Lipinski definition) is 0. The second kappa shape index (κ2) is 6.73. The van der Waals surface area contributed by atoms with Gasteiger partial charge < -0.3 is 9.47 Å². The highest BCUT2D eigenvalue weighted by molar-refractivity contribution is 5.85. The van der Waals surface area contributed by atoms with Gasteiger partial charge in [0, 0.05) is 11.1 Å². The van der Waals surface area contributed by atoms with Gasteiger partial charge in [-0.15, -0.1) is 0 Å². The molecule has 126 valence electrons. The molecule has 1 aliphatic rings. The molecular weight excluding hydrogens is 326 g/mol. The third-order valence-corrected chi connectivity index (χ3v) is 4.35. The summed E-state index contributed by atoms with van der Waals surface area (Å²) in [6.07, 6.45) is 0. The van der Waals surface area contributed by atoms with Crippen molar-refractivity contribution in [2.24, 2.45) is 0 Å². The average molecular weight is 341 g/mol. The van der Waals surface area contributed by atoms with E-state index in [0.717, 1.165) is 16.7 Å². The summed E-state index contributed by atoms with van der Waals surface area (Å²) in [5.41, 5.74) is 2.91. The van der Waals surface area contributed by atoms with Crippen molar-refractivity contribution in [1.29, 1.82) is 5.26 Å². The molecule has 1 heterocycles. The number of ether oxygens (including phenoxy) is 2. The molecule has 0 saturated heterocycles. The van der Waals surface area contributed by atoms with E-state index in [1.54, 1.807) is 18.2 Å². The molecule has 1 aliphatic heterocycles. The number of nitriles is 1. The van der Waals surface area contributed by atoms with Gasteiger partial charge in [-0.2, -0.15) is 5.26 Å². The summed E-state index contributed by atoms with van der Waals surface area (Å²) >= 11 is 0. The molecule has 0 amide bonds. The standard InChI is InChI=1S/C22H15NO3/c23-13-15-6-5-7-16(12-15)14-25-22(24)21-17-8-1-3-10-19(17)26-20-11-4-2-9-18(20)21/h1-12,21H,14H2. The van der Waals surface area contributed by atoms with Crippen LogP contribution in [0.15, 0.2) is 72.8 Å². The Kier molecular flexibility index (Phi) is 4.12. The minimum Gasteiger partial charge on any atom is -0.460 e. The first-order valence-corrected chi connectivity index (χ1v) is 8.27. The van der Waals surface area contributed by atoms with Gasteiger partial charge in [-0.25, -0.2) is 0 Å². The number of carbonyl (C=O) groups excluding carboxylic acids is 1. The van der Waals surface area contributed by atoms with Crippen LogP contribution in [0, 0.1) is 11.3 Å². The van der Waals surface area contributed by atoms with Crippen LogP contribution in [0.25, 0.3) is 0 Å². The lowest BCUT2D eigenvalue weighted by atomic mass is 9.88. The van der Waals surface area contributed by atoms with Gasteiger partial charge in [0.1, 0.15) is 24.0 Å². The Morgan fingerprint density at radius 2 is 1.62 bits per heavy atom. The van der Waals surface area contributed by atoms with E-state index < -0.39 is 5.92 Å². The number of fused-ring (bicyclic) bond motifs is 2. The van der Waals surface area contributed by atoms with E-state index in [0.29, 0.717) is 17.1 Å². The highest BCUT2D eigenvalue weighted by Crippen LogP contribution is 2.44. The normalized spacial score (nSPS) is 12.3. The Bertz CT molecular complexity index is 974. The maximum absolute atomic E-state index is 12.9. The van der Waals surface area contributed by atoms with Crippen LogP contribution >= 0.6 is 0 Å². The molecule has 0 unspecified atom stereocenters. The van der Waals surface area contributed by atoms with Gasteiger partial charge in [-0.05, 0) is 29.8 Å². The minimum atomic E-state index is -0.532. The molecule has 4 nitrogen and oxygen atoms in total. The topological polar surface area (TPSA) is 59.3 Å². The van der Waals surface area contributed by atoms with Crippen molar-refractivity contribution in [3.05, 3.63) is 95.1 Å². The van der Waals surface area contributed by atoms with Gasteiger partial charge in [0.05, 0.1) is 11.6 Å². The summed E-state index contributed by atoms with van der Waals surface area (Å²) in [6, 6.07) is 24.1. The molecule has 0 aromatic heterocycles. The van der Waals surface area contributed by atoms with Crippen molar-refractivity contribution in [3.63, 3.8) is 0 Å².